The van der Waals surface area contributed by atoms with Crippen LogP contribution in [-0.4, -0.2) is 53.7 Å². The molecule has 168 valence electrons. The Morgan fingerprint density at radius 1 is 1.22 bits per heavy atom. The molecular formula is C24H29N5O3. The number of nitrogens with one attached hydrogen (secondary N) is 1. The van der Waals surface area contributed by atoms with Crippen LogP contribution in [0, 0.1) is 12.8 Å². The van der Waals surface area contributed by atoms with E-state index in [2.05, 4.69) is 15.2 Å². The number of rotatable bonds is 8. The zero-order chi connectivity index (χ0) is 22.3. The van der Waals surface area contributed by atoms with Gasteiger partial charge in [0.2, 0.25) is 11.9 Å². The molecule has 1 aromatic carbocycles. The number of hydrogen-bond acceptors (Lipinski definition) is 7. The van der Waals surface area contributed by atoms with Gasteiger partial charge in [0.05, 0.1) is 36.5 Å². The summed E-state index contributed by atoms with van der Waals surface area (Å²) < 4.78 is 11.2. The summed E-state index contributed by atoms with van der Waals surface area (Å²) >= 11 is 0. The molecule has 1 N–H and O–H groups in total. The minimum atomic E-state index is -0.0953. The highest BCUT2D eigenvalue weighted by molar-refractivity contribution is 5.83. The molecule has 0 bridgehead atoms. The number of ether oxygens (including phenoxy) is 2. The first-order valence-electron chi connectivity index (χ1n) is 11.1. The van der Waals surface area contributed by atoms with Gasteiger partial charge in [0.1, 0.15) is 18.1 Å². The molecule has 3 heterocycles. The van der Waals surface area contributed by atoms with Crippen LogP contribution >= 0.6 is 0 Å². The van der Waals surface area contributed by atoms with E-state index in [9.17, 15) is 4.79 Å². The number of pyridine rings is 1. The van der Waals surface area contributed by atoms with Crippen molar-refractivity contribution in [2.45, 2.75) is 26.7 Å². The molecule has 32 heavy (non-hydrogen) atoms. The monoisotopic (exact) mass is 435 g/mol. The first kappa shape index (κ1) is 21.8. The Balaban J connectivity index is 1.36. The van der Waals surface area contributed by atoms with Crippen LogP contribution in [0.3, 0.4) is 0 Å². The number of amides is 1. The lowest BCUT2D eigenvalue weighted by Gasteiger charge is -2.32. The van der Waals surface area contributed by atoms with E-state index in [0.717, 1.165) is 41.7 Å². The molecule has 1 aliphatic heterocycles. The topological polar surface area (TPSA) is 89.5 Å². The number of hydrogen-bond donors (Lipinski definition) is 1. The second-order valence-corrected chi connectivity index (χ2v) is 7.83. The molecule has 2 aromatic heterocycles. The molecule has 1 atom stereocenters. The first-order valence-corrected chi connectivity index (χ1v) is 11.1. The molecule has 0 aliphatic carbocycles. The van der Waals surface area contributed by atoms with E-state index in [1.165, 1.54) is 0 Å². The van der Waals surface area contributed by atoms with Crippen molar-refractivity contribution < 1.29 is 14.3 Å². The number of aryl methyl sites for hydroxylation is 1. The summed E-state index contributed by atoms with van der Waals surface area (Å²) in [7, 11) is 0. The van der Waals surface area contributed by atoms with Crippen LogP contribution in [0.5, 0.6) is 11.5 Å². The highest BCUT2D eigenvalue weighted by atomic mass is 16.5. The lowest BCUT2D eigenvalue weighted by Crippen LogP contribution is -2.44. The van der Waals surface area contributed by atoms with E-state index in [-0.39, 0.29) is 11.8 Å². The number of nitrogens with zero attached hydrogens (tertiary/aromatic N) is 4. The third-order valence-corrected chi connectivity index (χ3v) is 5.54. The van der Waals surface area contributed by atoms with Crippen LogP contribution in [0.25, 0.3) is 10.9 Å². The standard InChI is InChI=1S/C24H29N5O3/c1-3-31-19-8-9-22-21(14-19)17(2)27-24(28-22)29-12-5-6-18(16-29)23(30)26-11-13-32-20-7-4-10-25-15-20/h4,7-10,14-15,18H,3,5-6,11-13,16H2,1-2H3,(H,26,30). The van der Waals surface area contributed by atoms with E-state index < -0.39 is 0 Å². The normalized spacial score (nSPS) is 16.1. The van der Waals surface area contributed by atoms with Crippen molar-refractivity contribution in [2.75, 3.05) is 37.7 Å². The van der Waals surface area contributed by atoms with Crippen molar-refractivity contribution in [1.29, 1.82) is 0 Å². The van der Waals surface area contributed by atoms with Gasteiger partial charge in [-0.05, 0) is 57.0 Å². The van der Waals surface area contributed by atoms with Crippen molar-refractivity contribution in [3.8, 4) is 11.5 Å². The van der Waals surface area contributed by atoms with Gasteiger partial charge >= 0.3 is 0 Å². The molecule has 8 heteroatoms. The Kier molecular flexibility index (Phi) is 6.99. The zero-order valence-electron chi connectivity index (χ0n) is 18.6. The molecule has 0 spiro atoms. The van der Waals surface area contributed by atoms with Gasteiger partial charge in [0.25, 0.3) is 0 Å². The average Bonchev–Trinajstić information content (AvgIpc) is 2.83. The molecule has 1 fully saturated rings. The molecule has 1 amide bonds. The van der Waals surface area contributed by atoms with E-state index in [1.54, 1.807) is 12.4 Å². The van der Waals surface area contributed by atoms with Gasteiger partial charge in [-0.3, -0.25) is 9.78 Å². The predicted molar refractivity (Wildman–Crippen MR) is 123 cm³/mol. The molecular weight excluding hydrogens is 406 g/mol. The van der Waals surface area contributed by atoms with Crippen molar-refractivity contribution in [2.24, 2.45) is 5.92 Å². The van der Waals surface area contributed by atoms with E-state index in [0.29, 0.717) is 38.0 Å². The van der Waals surface area contributed by atoms with Crippen LogP contribution in [0.4, 0.5) is 5.95 Å². The lowest BCUT2D eigenvalue weighted by atomic mass is 9.97. The van der Waals surface area contributed by atoms with Gasteiger partial charge in [-0.25, -0.2) is 9.97 Å². The Labute approximate surface area is 188 Å². The molecule has 3 aromatic rings. The van der Waals surface area contributed by atoms with Gasteiger partial charge in [-0.2, -0.15) is 0 Å². The molecule has 1 aliphatic rings. The van der Waals surface area contributed by atoms with Crippen molar-refractivity contribution >= 4 is 22.8 Å². The second-order valence-electron chi connectivity index (χ2n) is 7.83. The summed E-state index contributed by atoms with van der Waals surface area (Å²) in [5.41, 5.74) is 1.79. The molecule has 4 rings (SSSR count). The van der Waals surface area contributed by atoms with Gasteiger partial charge < -0.3 is 19.7 Å². The zero-order valence-corrected chi connectivity index (χ0v) is 18.6. The summed E-state index contributed by atoms with van der Waals surface area (Å²) in [4.78, 5) is 28.3. The number of aromatic nitrogens is 3. The van der Waals surface area contributed by atoms with Crippen LogP contribution in [0.1, 0.15) is 25.5 Å². The first-order chi connectivity index (χ1) is 15.6. The number of benzene rings is 1. The van der Waals surface area contributed by atoms with E-state index >= 15 is 0 Å². The van der Waals surface area contributed by atoms with E-state index in [4.69, 9.17) is 19.4 Å². The summed E-state index contributed by atoms with van der Waals surface area (Å²) in [6.45, 7) is 6.89. The average molecular weight is 436 g/mol. The Morgan fingerprint density at radius 3 is 2.94 bits per heavy atom. The fraction of sp³-hybridized carbons (Fsp3) is 0.417. The van der Waals surface area contributed by atoms with Crippen LogP contribution in [0.2, 0.25) is 0 Å². The smallest absolute Gasteiger partial charge is 0.226 e. The Hall–Kier alpha value is -3.42. The predicted octanol–water partition coefficient (Wildman–Crippen LogP) is 3.14. The fourth-order valence-corrected chi connectivity index (χ4v) is 3.94. The lowest BCUT2D eigenvalue weighted by molar-refractivity contribution is -0.125. The maximum Gasteiger partial charge on any atom is 0.226 e. The maximum absolute atomic E-state index is 12.7. The summed E-state index contributed by atoms with van der Waals surface area (Å²) in [6.07, 6.45) is 5.14. The van der Waals surface area contributed by atoms with Gasteiger partial charge in [-0.15, -0.1) is 0 Å². The maximum atomic E-state index is 12.7. The van der Waals surface area contributed by atoms with Crippen LogP contribution < -0.4 is 19.7 Å². The third kappa shape index (κ3) is 5.25. The molecule has 0 radical (unpaired) electrons. The SMILES string of the molecule is CCOc1ccc2nc(N3CCCC(C(=O)NCCOc4cccnc4)C3)nc(C)c2c1. The summed E-state index contributed by atoms with van der Waals surface area (Å²) in [5, 5.41) is 3.97. The Morgan fingerprint density at radius 2 is 2.12 bits per heavy atom. The fourth-order valence-electron chi connectivity index (χ4n) is 3.94. The second kappa shape index (κ2) is 10.3. The number of fused-ring (bicyclic) bond motifs is 1. The minimum Gasteiger partial charge on any atom is -0.494 e. The van der Waals surface area contributed by atoms with E-state index in [1.807, 2.05) is 44.2 Å². The van der Waals surface area contributed by atoms with Crippen molar-refractivity contribution in [3.05, 3.63) is 48.4 Å². The molecule has 1 saturated heterocycles. The molecule has 0 saturated carbocycles. The number of carbonyl (C=O) groups excluding carboxylic acids is 1. The summed E-state index contributed by atoms with van der Waals surface area (Å²) in [6, 6.07) is 9.55. The number of carbonyl (C=O) groups is 1. The van der Waals surface area contributed by atoms with Crippen LogP contribution in [0.15, 0.2) is 42.7 Å². The van der Waals surface area contributed by atoms with Gasteiger partial charge in [-0.1, -0.05) is 0 Å². The molecule has 8 nitrogen and oxygen atoms in total. The van der Waals surface area contributed by atoms with Gasteiger partial charge in [0, 0.05) is 24.7 Å². The summed E-state index contributed by atoms with van der Waals surface area (Å²) in [5.74, 6) is 2.14. The van der Waals surface area contributed by atoms with Crippen LogP contribution in [-0.2, 0) is 4.79 Å². The highest BCUT2D eigenvalue weighted by Crippen LogP contribution is 2.26. The molecule has 1 unspecified atom stereocenters. The highest BCUT2D eigenvalue weighted by Gasteiger charge is 2.27. The van der Waals surface area contributed by atoms with Crippen molar-refractivity contribution in [1.82, 2.24) is 20.3 Å². The minimum absolute atomic E-state index is 0.0448. The number of anilines is 1. The van der Waals surface area contributed by atoms with Gasteiger partial charge in [0.15, 0.2) is 0 Å². The third-order valence-electron chi connectivity index (χ3n) is 5.54. The largest absolute Gasteiger partial charge is 0.494 e. The number of piperidine rings is 1. The van der Waals surface area contributed by atoms with Crippen molar-refractivity contribution in [3.63, 3.8) is 0 Å². The Bertz CT molecular complexity index is 1060. The quantitative estimate of drug-likeness (QED) is 0.544.